The molecule has 0 aromatic heterocycles. The number of hydrogen-bond donors (Lipinski definition) is 2. The molecular weight excluding hydrogens is 246 g/mol. The minimum Gasteiger partial charge on any atom is -0.315 e. The number of hydrogen-bond acceptors (Lipinski definition) is 2. The summed E-state index contributed by atoms with van der Waals surface area (Å²) in [5.74, 6) is 0. The van der Waals surface area contributed by atoms with Crippen molar-refractivity contribution in [1.82, 2.24) is 0 Å². The molecule has 0 rings (SSSR count). The normalized spacial score (nSPS) is 14.6. The van der Waals surface area contributed by atoms with Crippen LogP contribution in [0.1, 0.15) is 84.0 Å². The topological polar surface area (TPSA) is 63.3 Å². The molecule has 0 heterocycles. The zero-order valence-corrected chi connectivity index (χ0v) is 12.7. The monoisotopic (exact) mass is 277 g/mol. The molecule has 0 aliphatic carbocycles. The highest BCUT2D eigenvalue weighted by Crippen LogP contribution is 2.12. The molecule has 0 aromatic rings. The zero-order valence-electron chi connectivity index (χ0n) is 11.9. The molecule has 0 saturated heterocycles. The van der Waals surface area contributed by atoms with Gasteiger partial charge in [0.1, 0.15) is 5.37 Å². The Morgan fingerprint density at radius 3 is 1.67 bits per heavy atom. The van der Waals surface area contributed by atoms with Crippen LogP contribution in [0.4, 0.5) is 0 Å². The van der Waals surface area contributed by atoms with Crippen LogP contribution < -0.4 is 5.73 Å². The summed E-state index contributed by atoms with van der Waals surface area (Å²) in [6.45, 7) is 2.25. The molecule has 3 N–H and O–H groups in total. The summed E-state index contributed by atoms with van der Waals surface area (Å²) < 4.78 is 19.3. The first-order valence-electron chi connectivity index (χ1n) is 7.53. The Hall–Kier alpha value is 0.0700. The molecule has 2 unspecified atom stereocenters. The van der Waals surface area contributed by atoms with Gasteiger partial charge in [0, 0.05) is 0 Å². The van der Waals surface area contributed by atoms with Gasteiger partial charge in [0.05, 0.1) is 0 Å². The fourth-order valence-corrected chi connectivity index (χ4v) is 2.48. The Labute approximate surface area is 115 Å². The van der Waals surface area contributed by atoms with E-state index in [0.717, 1.165) is 12.8 Å². The summed E-state index contributed by atoms with van der Waals surface area (Å²) in [6.07, 6.45) is 14.9. The summed E-state index contributed by atoms with van der Waals surface area (Å²) >= 11 is -1.85. The van der Waals surface area contributed by atoms with Crippen molar-refractivity contribution in [3.05, 3.63) is 0 Å². The summed E-state index contributed by atoms with van der Waals surface area (Å²) in [5, 5.41) is -0.552. The number of nitrogens with two attached hydrogens (primary N) is 1. The van der Waals surface area contributed by atoms with Crippen molar-refractivity contribution in [2.45, 2.75) is 89.3 Å². The molecule has 2 atom stereocenters. The molecular formula is C14H31NO2S. The fraction of sp³-hybridized carbons (Fsp3) is 1.00. The van der Waals surface area contributed by atoms with Crippen molar-refractivity contribution in [3.8, 4) is 0 Å². The highest BCUT2D eigenvalue weighted by Gasteiger charge is 2.07. The third-order valence-electron chi connectivity index (χ3n) is 3.35. The Morgan fingerprint density at radius 1 is 0.889 bits per heavy atom. The van der Waals surface area contributed by atoms with Gasteiger partial charge in [-0.3, -0.25) is 0 Å². The van der Waals surface area contributed by atoms with Crippen molar-refractivity contribution < 1.29 is 8.76 Å². The standard InChI is InChI=1S/C14H31NO2S/c1-2-3-4-5-6-7-8-9-10-11-12-13-14(15)18(16)17/h14H,2-13,15H2,1H3,(H,16,17). The van der Waals surface area contributed by atoms with Crippen molar-refractivity contribution in [1.29, 1.82) is 0 Å². The van der Waals surface area contributed by atoms with E-state index in [2.05, 4.69) is 6.92 Å². The van der Waals surface area contributed by atoms with Crippen LogP contribution in [0.15, 0.2) is 0 Å². The van der Waals surface area contributed by atoms with Gasteiger partial charge >= 0.3 is 0 Å². The Kier molecular flexibility index (Phi) is 13.6. The molecule has 0 saturated carbocycles. The Bertz CT molecular complexity index is 200. The lowest BCUT2D eigenvalue weighted by Crippen LogP contribution is -2.24. The van der Waals surface area contributed by atoms with E-state index >= 15 is 0 Å². The van der Waals surface area contributed by atoms with E-state index in [1.807, 2.05) is 0 Å². The van der Waals surface area contributed by atoms with Gasteiger partial charge in [0.25, 0.3) is 0 Å². The van der Waals surface area contributed by atoms with Gasteiger partial charge in [0.15, 0.2) is 11.1 Å². The molecule has 3 nitrogen and oxygen atoms in total. The quantitative estimate of drug-likeness (QED) is 0.392. The van der Waals surface area contributed by atoms with Gasteiger partial charge < -0.3 is 10.3 Å². The van der Waals surface area contributed by atoms with Gasteiger partial charge in [0.2, 0.25) is 0 Å². The molecule has 0 aliphatic heterocycles. The van der Waals surface area contributed by atoms with Gasteiger partial charge in [-0.15, -0.1) is 0 Å². The van der Waals surface area contributed by atoms with Crippen LogP contribution >= 0.6 is 0 Å². The van der Waals surface area contributed by atoms with Crippen LogP contribution in [-0.2, 0) is 11.1 Å². The van der Waals surface area contributed by atoms with Crippen LogP contribution in [0.3, 0.4) is 0 Å². The third kappa shape index (κ3) is 12.5. The second-order valence-corrected chi connectivity index (χ2v) is 6.30. The molecule has 0 radical (unpaired) electrons. The maximum Gasteiger partial charge on any atom is 0.170 e. The highest BCUT2D eigenvalue weighted by molar-refractivity contribution is 7.79. The lowest BCUT2D eigenvalue weighted by atomic mass is 10.1. The van der Waals surface area contributed by atoms with Gasteiger partial charge in [-0.2, -0.15) is 0 Å². The van der Waals surface area contributed by atoms with E-state index in [1.54, 1.807) is 0 Å². The van der Waals surface area contributed by atoms with Crippen LogP contribution in [-0.4, -0.2) is 14.1 Å². The SMILES string of the molecule is CCCCCCCCCCCCCC(N)S(=O)O. The first-order chi connectivity index (χ1) is 8.68. The van der Waals surface area contributed by atoms with Crippen molar-refractivity contribution >= 4 is 11.1 Å². The van der Waals surface area contributed by atoms with E-state index in [0.29, 0.717) is 6.42 Å². The van der Waals surface area contributed by atoms with Crippen molar-refractivity contribution in [3.63, 3.8) is 0 Å². The van der Waals surface area contributed by atoms with Crippen LogP contribution in [0.2, 0.25) is 0 Å². The molecule has 0 aromatic carbocycles. The second kappa shape index (κ2) is 13.5. The Morgan fingerprint density at radius 2 is 1.28 bits per heavy atom. The van der Waals surface area contributed by atoms with Crippen LogP contribution in [0.5, 0.6) is 0 Å². The lowest BCUT2D eigenvalue weighted by Gasteiger charge is -2.06. The minimum absolute atomic E-state index is 0.552. The molecule has 110 valence electrons. The predicted octanol–water partition coefficient (Wildman–Crippen LogP) is 4.19. The van der Waals surface area contributed by atoms with E-state index in [-0.39, 0.29) is 0 Å². The van der Waals surface area contributed by atoms with E-state index in [9.17, 15) is 4.21 Å². The first kappa shape index (κ1) is 18.1. The Balaban J connectivity index is 3.05. The smallest absolute Gasteiger partial charge is 0.170 e. The molecule has 0 fully saturated rings. The average Bonchev–Trinajstić information content (AvgIpc) is 2.35. The zero-order chi connectivity index (χ0) is 13.6. The van der Waals surface area contributed by atoms with Gasteiger partial charge in [-0.25, -0.2) is 4.21 Å². The maximum atomic E-state index is 10.6. The third-order valence-corrected chi connectivity index (χ3v) is 4.10. The average molecular weight is 277 g/mol. The van der Waals surface area contributed by atoms with Gasteiger partial charge in [-0.05, 0) is 6.42 Å². The second-order valence-electron chi connectivity index (χ2n) is 5.14. The molecule has 0 bridgehead atoms. The van der Waals surface area contributed by atoms with Crippen molar-refractivity contribution in [2.75, 3.05) is 0 Å². The maximum absolute atomic E-state index is 10.6. The predicted molar refractivity (Wildman–Crippen MR) is 79.8 cm³/mol. The number of rotatable bonds is 13. The van der Waals surface area contributed by atoms with Crippen LogP contribution in [0, 0.1) is 0 Å². The van der Waals surface area contributed by atoms with E-state index in [4.69, 9.17) is 10.3 Å². The minimum atomic E-state index is -1.85. The summed E-state index contributed by atoms with van der Waals surface area (Å²) in [4.78, 5) is 0. The summed E-state index contributed by atoms with van der Waals surface area (Å²) in [6, 6.07) is 0. The first-order valence-corrected chi connectivity index (χ1v) is 8.70. The van der Waals surface area contributed by atoms with Gasteiger partial charge in [-0.1, -0.05) is 77.6 Å². The molecule has 0 spiro atoms. The molecule has 18 heavy (non-hydrogen) atoms. The molecule has 0 aliphatic rings. The van der Waals surface area contributed by atoms with E-state index in [1.165, 1.54) is 57.8 Å². The number of unbranched alkanes of at least 4 members (excludes halogenated alkanes) is 10. The van der Waals surface area contributed by atoms with Crippen LogP contribution in [0.25, 0.3) is 0 Å². The molecule has 4 heteroatoms. The lowest BCUT2D eigenvalue weighted by molar-refractivity contribution is 0.520. The van der Waals surface area contributed by atoms with E-state index < -0.39 is 16.5 Å². The largest absolute Gasteiger partial charge is 0.315 e. The van der Waals surface area contributed by atoms with Crippen molar-refractivity contribution in [2.24, 2.45) is 5.73 Å². The molecule has 0 amide bonds. The summed E-state index contributed by atoms with van der Waals surface area (Å²) in [7, 11) is 0. The summed E-state index contributed by atoms with van der Waals surface area (Å²) in [5.41, 5.74) is 5.49. The highest BCUT2D eigenvalue weighted by atomic mass is 32.2. The fourth-order valence-electron chi connectivity index (χ4n) is 2.11.